The van der Waals surface area contributed by atoms with Gasteiger partial charge in [0.2, 0.25) is 0 Å². The standard InChI is InChI=1S/C54H90O6/c1-4-7-10-13-16-19-21-23-25-26-27-28-30-31-33-35-38-41-44-47-53(56)59-50-51(49-58-52(55)46-43-40-37-18-15-12-9-6-3)60-54(57)48-45-42-39-36-34-32-29-24-22-20-17-14-11-8-5-2/h7,10,16-17,19-20,23-25,27-29,31,33,51H,4-6,8-9,11-15,18,21-22,26,30,32,34-50H2,1-3H3/b10-7-,19-16-,20-17-,25-23-,28-27-,29-24-,33-31-. The number of hydrogen-bond donors (Lipinski definition) is 0. The molecule has 0 spiro atoms. The quantitative estimate of drug-likeness (QED) is 0.0263. The van der Waals surface area contributed by atoms with Gasteiger partial charge in [-0.3, -0.25) is 14.4 Å². The highest BCUT2D eigenvalue weighted by molar-refractivity contribution is 5.71. The van der Waals surface area contributed by atoms with E-state index in [-0.39, 0.29) is 31.1 Å². The Bertz CT molecular complexity index is 1190. The van der Waals surface area contributed by atoms with Crippen LogP contribution in [-0.2, 0) is 28.6 Å². The van der Waals surface area contributed by atoms with Gasteiger partial charge < -0.3 is 14.2 Å². The lowest BCUT2D eigenvalue weighted by molar-refractivity contribution is -0.167. The van der Waals surface area contributed by atoms with E-state index < -0.39 is 6.10 Å². The second-order valence-electron chi connectivity index (χ2n) is 16.0. The van der Waals surface area contributed by atoms with Gasteiger partial charge in [0.1, 0.15) is 13.2 Å². The van der Waals surface area contributed by atoms with Crippen molar-refractivity contribution in [2.24, 2.45) is 0 Å². The van der Waals surface area contributed by atoms with Gasteiger partial charge >= 0.3 is 17.9 Å². The summed E-state index contributed by atoms with van der Waals surface area (Å²) in [5.74, 6) is -0.949. The fourth-order valence-corrected chi connectivity index (χ4v) is 6.44. The Hall–Kier alpha value is -3.41. The van der Waals surface area contributed by atoms with Gasteiger partial charge in [-0.05, 0) is 96.3 Å². The molecule has 0 heterocycles. The van der Waals surface area contributed by atoms with E-state index in [1.165, 1.54) is 57.8 Å². The van der Waals surface area contributed by atoms with E-state index in [1.807, 2.05) is 0 Å². The third-order valence-corrected chi connectivity index (χ3v) is 10.1. The Kier molecular flexibility index (Phi) is 45.5. The molecule has 1 unspecified atom stereocenters. The first kappa shape index (κ1) is 56.6. The maximum atomic E-state index is 12.7. The highest BCUT2D eigenvalue weighted by atomic mass is 16.6. The minimum Gasteiger partial charge on any atom is -0.462 e. The molecular formula is C54H90O6. The normalized spacial score (nSPS) is 12.8. The molecule has 1 atom stereocenters. The molecular weight excluding hydrogens is 745 g/mol. The Morgan fingerprint density at radius 2 is 0.650 bits per heavy atom. The molecule has 0 fully saturated rings. The molecule has 0 rings (SSSR count). The molecule has 0 N–H and O–H groups in total. The number of carbonyl (C=O) groups is 3. The number of hydrogen-bond acceptors (Lipinski definition) is 6. The van der Waals surface area contributed by atoms with Gasteiger partial charge in [0.15, 0.2) is 6.10 Å². The molecule has 0 aliphatic heterocycles. The molecule has 0 aromatic carbocycles. The molecule has 6 heteroatoms. The summed E-state index contributed by atoms with van der Waals surface area (Å²) in [6.45, 7) is 6.41. The zero-order chi connectivity index (χ0) is 43.7. The largest absolute Gasteiger partial charge is 0.462 e. The highest BCUT2D eigenvalue weighted by Gasteiger charge is 2.19. The van der Waals surface area contributed by atoms with E-state index in [2.05, 4.69) is 106 Å². The lowest BCUT2D eigenvalue weighted by Crippen LogP contribution is -2.30. The smallest absolute Gasteiger partial charge is 0.306 e. The zero-order valence-electron chi connectivity index (χ0n) is 38.9. The predicted octanol–water partition coefficient (Wildman–Crippen LogP) is 16.0. The van der Waals surface area contributed by atoms with Crippen molar-refractivity contribution < 1.29 is 28.6 Å². The van der Waals surface area contributed by atoms with E-state index in [0.29, 0.717) is 19.3 Å². The molecule has 0 saturated heterocycles. The molecule has 0 aliphatic rings. The minimum absolute atomic E-state index is 0.0930. The van der Waals surface area contributed by atoms with Crippen molar-refractivity contribution in [3.63, 3.8) is 0 Å². The first-order valence-corrected chi connectivity index (χ1v) is 24.6. The first-order valence-electron chi connectivity index (χ1n) is 24.6. The number of rotatable bonds is 43. The van der Waals surface area contributed by atoms with Crippen molar-refractivity contribution in [1.29, 1.82) is 0 Å². The molecule has 0 aromatic rings. The van der Waals surface area contributed by atoms with Gasteiger partial charge in [-0.1, -0.05) is 189 Å². The molecule has 0 aromatic heterocycles. The zero-order valence-corrected chi connectivity index (χ0v) is 38.9. The SMILES string of the molecule is CC/C=C\C/C=C\C/C=C\C/C=C\C/C=C\CCCCCC(=O)OCC(COC(=O)CCCCCCCCCC)OC(=O)CCCCCCC/C=C\C/C=C\CCCCC. The van der Waals surface area contributed by atoms with Crippen LogP contribution in [0.25, 0.3) is 0 Å². The topological polar surface area (TPSA) is 78.9 Å². The molecule has 0 saturated carbocycles. The molecule has 342 valence electrons. The molecule has 0 aliphatic carbocycles. The Morgan fingerprint density at radius 3 is 1.07 bits per heavy atom. The van der Waals surface area contributed by atoms with Crippen molar-refractivity contribution in [2.75, 3.05) is 13.2 Å². The molecule has 0 bridgehead atoms. The number of unbranched alkanes of at least 4 members (excludes halogenated alkanes) is 18. The van der Waals surface area contributed by atoms with E-state index >= 15 is 0 Å². The van der Waals surface area contributed by atoms with Crippen molar-refractivity contribution in [3.05, 3.63) is 85.1 Å². The first-order chi connectivity index (χ1) is 29.5. The maximum absolute atomic E-state index is 12.7. The van der Waals surface area contributed by atoms with Gasteiger partial charge in [0.25, 0.3) is 0 Å². The lowest BCUT2D eigenvalue weighted by Gasteiger charge is -2.18. The van der Waals surface area contributed by atoms with Gasteiger partial charge in [-0.25, -0.2) is 0 Å². The Balaban J connectivity index is 4.41. The molecule has 60 heavy (non-hydrogen) atoms. The van der Waals surface area contributed by atoms with Crippen LogP contribution in [0.1, 0.15) is 220 Å². The Morgan fingerprint density at radius 1 is 0.350 bits per heavy atom. The summed E-state index contributed by atoms with van der Waals surface area (Å²) in [5.41, 5.74) is 0. The second kappa shape index (κ2) is 48.3. The van der Waals surface area contributed by atoms with Crippen LogP contribution in [0.2, 0.25) is 0 Å². The monoisotopic (exact) mass is 835 g/mol. The summed E-state index contributed by atoms with van der Waals surface area (Å²) in [7, 11) is 0. The van der Waals surface area contributed by atoms with Gasteiger partial charge in [0.05, 0.1) is 0 Å². The third-order valence-electron chi connectivity index (χ3n) is 10.1. The summed E-state index contributed by atoms with van der Waals surface area (Å²) in [6, 6.07) is 0. The van der Waals surface area contributed by atoms with Crippen molar-refractivity contribution >= 4 is 17.9 Å². The summed E-state index contributed by atoms with van der Waals surface area (Å²) in [6.07, 6.45) is 61.4. The van der Waals surface area contributed by atoms with E-state index in [1.54, 1.807) is 0 Å². The number of ether oxygens (including phenoxy) is 3. The van der Waals surface area contributed by atoms with E-state index in [0.717, 1.165) is 122 Å². The van der Waals surface area contributed by atoms with Crippen LogP contribution in [0.3, 0.4) is 0 Å². The van der Waals surface area contributed by atoms with E-state index in [9.17, 15) is 14.4 Å². The summed E-state index contributed by atoms with van der Waals surface area (Å²) in [5, 5.41) is 0. The Labute approximate surface area is 369 Å². The average Bonchev–Trinajstić information content (AvgIpc) is 3.24. The summed E-state index contributed by atoms with van der Waals surface area (Å²) in [4.78, 5) is 37.8. The third kappa shape index (κ3) is 45.7. The highest BCUT2D eigenvalue weighted by Crippen LogP contribution is 2.13. The van der Waals surface area contributed by atoms with Gasteiger partial charge in [0, 0.05) is 19.3 Å². The van der Waals surface area contributed by atoms with Crippen LogP contribution in [0, 0.1) is 0 Å². The fraction of sp³-hybridized carbons (Fsp3) is 0.685. The van der Waals surface area contributed by atoms with Crippen LogP contribution in [0.4, 0.5) is 0 Å². The lowest BCUT2D eigenvalue weighted by atomic mass is 10.1. The summed E-state index contributed by atoms with van der Waals surface area (Å²) >= 11 is 0. The van der Waals surface area contributed by atoms with Crippen molar-refractivity contribution in [3.8, 4) is 0 Å². The van der Waals surface area contributed by atoms with Crippen LogP contribution in [0.15, 0.2) is 85.1 Å². The van der Waals surface area contributed by atoms with Crippen LogP contribution < -0.4 is 0 Å². The van der Waals surface area contributed by atoms with Gasteiger partial charge in [-0.15, -0.1) is 0 Å². The number of allylic oxidation sites excluding steroid dienone is 14. The number of carbonyl (C=O) groups excluding carboxylic acids is 3. The maximum Gasteiger partial charge on any atom is 0.306 e. The van der Waals surface area contributed by atoms with Crippen LogP contribution in [-0.4, -0.2) is 37.2 Å². The van der Waals surface area contributed by atoms with Crippen LogP contribution in [0.5, 0.6) is 0 Å². The number of esters is 3. The van der Waals surface area contributed by atoms with Gasteiger partial charge in [-0.2, -0.15) is 0 Å². The van der Waals surface area contributed by atoms with Crippen molar-refractivity contribution in [1.82, 2.24) is 0 Å². The molecule has 6 nitrogen and oxygen atoms in total. The fourth-order valence-electron chi connectivity index (χ4n) is 6.44. The van der Waals surface area contributed by atoms with E-state index in [4.69, 9.17) is 14.2 Å². The summed E-state index contributed by atoms with van der Waals surface area (Å²) < 4.78 is 16.7. The van der Waals surface area contributed by atoms with Crippen LogP contribution >= 0.6 is 0 Å². The minimum atomic E-state index is -0.794. The van der Waals surface area contributed by atoms with Crippen molar-refractivity contribution in [2.45, 2.75) is 226 Å². The molecule has 0 radical (unpaired) electrons. The average molecular weight is 835 g/mol. The second-order valence-corrected chi connectivity index (χ2v) is 16.0. The predicted molar refractivity (Wildman–Crippen MR) is 256 cm³/mol. The molecule has 0 amide bonds.